The van der Waals surface area contributed by atoms with Gasteiger partial charge < -0.3 is 10.8 Å². The Balaban J connectivity index is 2.35. The van der Waals surface area contributed by atoms with E-state index in [0.29, 0.717) is 11.6 Å². The normalized spacial score (nSPS) is 14.4. The van der Waals surface area contributed by atoms with Gasteiger partial charge in [-0.05, 0) is 23.9 Å². The summed E-state index contributed by atoms with van der Waals surface area (Å²) in [5.41, 5.74) is 7.51. The van der Waals surface area contributed by atoms with Crippen LogP contribution in [0.1, 0.15) is 28.0 Å². The Morgan fingerprint density at radius 1 is 1.33 bits per heavy atom. The molecule has 0 saturated heterocycles. The third kappa shape index (κ3) is 2.59. The molecule has 1 aromatic heterocycles. The first-order valence-corrected chi connectivity index (χ1v) is 7.07. The maximum absolute atomic E-state index is 10.5. The van der Waals surface area contributed by atoms with Crippen molar-refractivity contribution in [3.05, 3.63) is 56.7 Å². The summed E-state index contributed by atoms with van der Waals surface area (Å²) in [6, 6.07) is 9.65. The summed E-state index contributed by atoms with van der Waals surface area (Å²) >= 11 is 7.86. The van der Waals surface area contributed by atoms with Crippen molar-refractivity contribution < 1.29 is 5.11 Å². The highest BCUT2D eigenvalue weighted by atomic mass is 35.5. The molecular formula is C14H16ClNOS. The van der Waals surface area contributed by atoms with Gasteiger partial charge >= 0.3 is 0 Å². The van der Waals surface area contributed by atoms with Crippen molar-refractivity contribution in [1.82, 2.24) is 0 Å². The molecule has 0 spiro atoms. The number of benzene rings is 1. The molecule has 0 fully saturated rings. The lowest BCUT2D eigenvalue weighted by molar-refractivity contribution is 0.149. The highest BCUT2D eigenvalue weighted by Gasteiger charge is 2.24. The van der Waals surface area contributed by atoms with Crippen LogP contribution in [0.25, 0.3) is 0 Å². The van der Waals surface area contributed by atoms with Gasteiger partial charge in [-0.1, -0.05) is 35.9 Å². The van der Waals surface area contributed by atoms with Gasteiger partial charge in [0.05, 0.1) is 6.10 Å². The SMILES string of the molecule is Cc1cccc(C(O)C(CN)c2cccs2)c1Cl. The predicted molar refractivity (Wildman–Crippen MR) is 77.3 cm³/mol. The molecule has 0 aliphatic rings. The number of halogens is 1. The minimum atomic E-state index is -0.666. The molecule has 2 aromatic rings. The van der Waals surface area contributed by atoms with E-state index in [-0.39, 0.29) is 5.92 Å². The minimum Gasteiger partial charge on any atom is -0.388 e. The van der Waals surface area contributed by atoms with Gasteiger partial charge in [-0.15, -0.1) is 11.3 Å². The molecule has 2 nitrogen and oxygen atoms in total. The molecule has 4 heteroatoms. The highest BCUT2D eigenvalue weighted by Crippen LogP contribution is 2.36. The Bertz CT molecular complexity index is 513. The molecular weight excluding hydrogens is 266 g/mol. The number of thiophene rings is 1. The zero-order valence-electron chi connectivity index (χ0n) is 10.1. The van der Waals surface area contributed by atoms with Crippen molar-refractivity contribution in [3.63, 3.8) is 0 Å². The van der Waals surface area contributed by atoms with Crippen molar-refractivity contribution in [2.24, 2.45) is 5.73 Å². The van der Waals surface area contributed by atoms with E-state index in [4.69, 9.17) is 17.3 Å². The van der Waals surface area contributed by atoms with Crippen LogP contribution in [0.15, 0.2) is 35.7 Å². The molecule has 0 saturated carbocycles. The molecule has 0 radical (unpaired) electrons. The zero-order valence-corrected chi connectivity index (χ0v) is 11.7. The minimum absolute atomic E-state index is 0.107. The second-order valence-electron chi connectivity index (χ2n) is 4.28. The molecule has 0 aliphatic heterocycles. The van der Waals surface area contributed by atoms with Crippen LogP contribution < -0.4 is 5.73 Å². The summed E-state index contributed by atoms with van der Waals surface area (Å²) in [4.78, 5) is 1.09. The fraction of sp³-hybridized carbons (Fsp3) is 0.286. The second-order valence-corrected chi connectivity index (χ2v) is 5.64. The first-order valence-electron chi connectivity index (χ1n) is 5.81. The predicted octanol–water partition coefficient (Wildman–Crippen LogP) is 3.49. The molecule has 0 amide bonds. The maximum atomic E-state index is 10.5. The summed E-state index contributed by atoms with van der Waals surface area (Å²) in [6.07, 6.45) is -0.666. The highest BCUT2D eigenvalue weighted by molar-refractivity contribution is 7.10. The largest absolute Gasteiger partial charge is 0.388 e. The Morgan fingerprint density at radius 3 is 2.72 bits per heavy atom. The van der Waals surface area contributed by atoms with Crippen LogP contribution in [-0.4, -0.2) is 11.7 Å². The van der Waals surface area contributed by atoms with Crippen LogP contribution >= 0.6 is 22.9 Å². The van der Waals surface area contributed by atoms with Crippen LogP contribution in [0.4, 0.5) is 0 Å². The van der Waals surface area contributed by atoms with E-state index in [2.05, 4.69) is 0 Å². The van der Waals surface area contributed by atoms with E-state index in [9.17, 15) is 5.11 Å². The molecule has 2 unspecified atom stereocenters. The lowest BCUT2D eigenvalue weighted by Gasteiger charge is -2.22. The maximum Gasteiger partial charge on any atom is 0.0893 e. The summed E-state index contributed by atoms with van der Waals surface area (Å²) in [7, 11) is 0. The summed E-state index contributed by atoms with van der Waals surface area (Å²) < 4.78 is 0. The number of hydrogen-bond donors (Lipinski definition) is 2. The number of aryl methyl sites for hydroxylation is 1. The van der Waals surface area contributed by atoms with E-state index >= 15 is 0 Å². The van der Waals surface area contributed by atoms with Crippen LogP contribution in [0, 0.1) is 6.92 Å². The number of aliphatic hydroxyl groups is 1. The van der Waals surface area contributed by atoms with E-state index in [0.717, 1.165) is 16.0 Å². The number of hydrogen-bond acceptors (Lipinski definition) is 3. The van der Waals surface area contributed by atoms with Gasteiger partial charge in [-0.25, -0.2) is 0 Å². The van der Waals surface area contributed by atoms with Gasteiger partial charge in [-0.2, -0.15) is 0 Å². The van der Waals surface area contributed by atoms with Crippen molar-refractivity contribution in [3.8, 4) is 0 Å². The topological polar surface area (TPSA) is 46.2 Å². The number of aliphatic hydroxyl groups excluding tert-OH is 1. The fourth-order valence-corrected chi connectivity index (χ4v) is 3.13. The third-order valence-electron chi connectivity index (χ3n) is 3.08. The Hall–Kier alpha value is -0.870. The summed E-state index contributed by atoms with van der Waals surface area (Å²) in [5, 5.41) is 13.1. The van der Waals surface area contributed by atoms with Gasteiger partial charge in [-0.3, -0.25) is 0 Å². The van der Waals surface area contributed by atoms with Gasteiger partial charge in [0.2, 0.25) is 0 Å². The fourth-order valence-electron chi connectivity index (χ4n) is 2.02. The van der Waals surface area contributed by atoms with Crippen molar-refractivity contribution in [2.45, 2.75) is 18.9 Å². The average molecular weight is 282 g/mol. The monoisotopic (exact) mass is 281 g/mol. The lowest BCUT2D eigenvalue weighted by atomic mass is 9.93. The quantitative estimate of drug-likeness (QED) is 0.901. The average Bonchev–Trinajstić information content (AvgIpc) is 2.87. The smallest absolute Gasteiger partial charge is 0.0893 e. The molecule has 0 aliphatic carbocycles. The van der Waals surface area contributed by atoms with Crippen LogP contribution in [-0.2, 0) is 0 Å². The Labute approximate surface area is 116 Å². The Kier molecular flexibility index (Phi) is 4.40. The van der Waals surface area contributed by atoms with Gasteiger partial charge in [0.1, 0.15) is 0 Å². The zero-order chi connectivity index (χ0) is 13.1. The summed E-state index contributed by atoms with van der Waals surface area (Å²) in [5.74, 6) is -0.107. The molecule has 1 aromatic carbocycles. The van der Waals surface area contributed by atoms with Crippen LogP contribution in [0.2, 0.25) is 5.02 Å². The molecule has 1 heterocycles. The third-order valence-corrected chi connectivity index (χ3v) is 4.60. The number of rotatable bonds is 4. The van der Waals surface area contributed by atoms with Crippen LogP contribution in [0.5, 0.6) is 0 Å². The van der Waals surface area contributed by atoms with Crippen LogP contribution in [0.3, 0.4) is 0 Å². The van der Waals surface area contributed by atoms with Gasteiger partial charge in [0.15, 0.2) is 0 Å². The summed E-state index contributed by atoms with van der Waals surface area (Å²) in [6.45, 7) is 2.33. The first kappa shape index (κ1) is 13.6. The molecule has 96 valence electrons. The van der Waals surface area contributed by atoms with Crippen molar-refractivity contribution in [1.29, 1.82) is 0 Å². The second kappa shape index (κ2) is 5.85. The molecule has 0 bridgehead atoms. The lowest BCUT2D eigenvalue weighted by Crippen LogP contribution is -2.19. The van der Waals surface area contributed by atoms with Crippen molar-refractivity contribution >= 4 is 22.9 Å². The van der Waals surface area contributed by atoms with E-state index in [1.807, 2.05) is 42.6 Å². The van der Waals surface area contributed by atoms with E-state index < -0.39 is 6.10 Å². The van der Waals surface area contributed by atoms with Gasteiger partial charge in [0, 0.05) is 27.9 Å². The van der Waals surface area contributed by atoms with E-state index in [1.54, 1.807) is 11.3 Å². The standard InChI is InChI=1S/C14H16ClNOS/c1-9-4-2-5-10(13(9)15)14(17)11(8-16)12-6-3-7-18-12/h2-7,11,14,17H,8,16H2,1H3. The molecule has 2 atom stereocenters. The molecule has 3 N–H and O–H groups in total. The number of nitrogens with two attached hydrogens (primary N) is 1. The van der Waals surface area contributed by atoms with Gasteiger partial charge in [0.25, 0.3) is 0 Å². The Morgan fingerprint density at radius 2 is 2.11 bits per heavy atom. The van der Waals surface area contributed by atoms with E-state index in [1.165, 1.54) is 0 Å². The first-order chi connectivity index (χ1) is 8.65. The molecule has 18 heavy (non-hydrogen) atoms. The molecule has 2 rings (SSSR count). The van der Waals surface area contributed by atoms with Crippen molar-refractivity contribution in [2.75, 3.05) is 6.54 Å².